The van der Waals surface area contributed by atoms with Crippen LogP contribution in [-0.4, -0.2) is 64.5 Å². The molecule has 3 aromatic rings. The Morgan fingerprint density at radius 3 is 2.32 bits per heavy atom. The fraction of sp³-hybridized carbons (Fsp3) is 0.323. The largest absolute Gasteiger partial charge is 0.495 e. The Morgan fingerprint density at radius 1 is 0.951 bits per heavy atom. The van der Waals surface area contributed by atoms with Crippen molar-refractivity contribution >= 4 is 34.7 Å². The van der Waals surface area contributed by atoms with Crippen LogP contribution in [0.5, 0.6) is 5.75 Å². The third kappa shape index (κ3) is 6.88. The highest BCUT2D eigenvalue weighted by Crippen LogP contribution is 2.31. The number of nitrogens with one attached hydrogen (secondary N) is 3. The van der Waals surface area contributed by atoms with Gasteiger partial charge >= 0.3 is 6.03 Å². The van der Waals surface area contributed by atoms with Crippen molar-refractivity contribution in [2.75, 3.05) is 66.9 Å². The maximum Gasteiger partial charge on any atom is 0.323 e. The van der Waals surface area contributed by atoms with Gasteiger partial charge in [0.2, 0.25) is 0 Å². The zero-order chi connectivity index (χ0) is 28.6. The molecule has 1 atom stereocenters. The van der Waals surface area contributed by atoms with E-state index >= 15 is 0 Å². The smallest absolute Gasteiger partial charge is 0.323 e. The van der Waals surface area contributed by atoms with Crippen molar-refractivity contribution < 1.29 is 19.1 Å². The SMILES string of the molecule is COc1ccccc1N1CCN(c2ccc(NC(=O)Nc3ccc(C#N)cc3)cc2C(=O)NCC2CCCO2)CC1. The highest BCUT2D eigenvalue weighted by atomic mass is 16.5. The molecule has 0 bridgehead atoms. The first kappa shape index (κ1) is 27.8. The fourth-order valence-electron chi connectivity index (χ4n) is 5.18. The molecule has 3 aromatic carbocycles. The number of methoxy groups -OCH3 is 1. The first-order valence-corrected chi connectivity index (χ1v) is 13.8. The summed E-state index contributed by atoms with van der Waals surface area (Å²) in [5, 5.41) is 17.6. The molecule has 0 spiro atoms. The lowest BCUT2D eigenvalue weighted by Crippen LogP contribution is -2.47. The lowest BCUT2D eigenvalue weighted by atomic mass is 10.1. The molecule has 3 amide bonds. The molecular formula is C31H34N6O4. The number of benzene rings is 3. The van der Waals surface area contributed by atoms with Crippen LogP contribution in [0.3, 0.4) is 0 Å². The Hall–Kier alpha value is -4.75. The Morgan fingerprint density at radius 2 is 1.63 bits per heavy atom. The number of amides is 3. The van der Waals surface area contributed by atoms with E-state index in [4.69, 9.17) is 14.7 Å². The molecule has 2 aliphatic heterocycles. The molecule has 0 aromatic heterocycles. The average Bonchev–Trinajstić information content (AvgIpc) is 3.54. The van der Waals surface area contributed by atoms with E-state index in [0.717, 1.165) is 62.8 Å². The summed E-state index contributed by atoms with van der Waals surface area (Å²) in [5.41, 5.74) is 3.92. The monoisotopic (exact) mass is 554 g/mol. The number of rotatable bonds is 8. The van der Waals surface area contributed by atoms with Crippen LogP contribution in [0.15, 0.2) is 66.7 Å². The molecule has 212 valence electrons. The molecule has 1 unspecified atom stereocenters. The Balaban J connectivity index is 1.31. The van der Waals surface area contributed by atoms with E-state index in [9.17, 15) is 9.59 Å². The zero-order valence-electron chi connectivity index (χ0n) is 23.1. The van der Waals surface area contributed by atoms with Gasteiger partial charge in [0, 0.05) is 56.4 Å². The van der Waals surface area contributed by atoms with Crippen molar-refractivity contribution in [1.82, 2.24) is 5.32 Å². The molecular weight excluding hydrogens is 520 g/mol. The Labute approximate surface area is 239 Å². The predicted octanol–water partition coefficient (Wildman–Crippen LogP) is 4.45. The summed E-state index contributed by atoms with van der Waals surface area (Å²) in [4.78, 5) is 30.6. The molecule has 2 saturated heterocycles. The molecule has 41 heavy (non-hydrogen) atoms. The minimum Gasteiger partial charge on any atom is -0.495 e. The van der Waals surface area contributed by atoms with Crippen molar-refractivity contribution in [3.63, 3.8) is 0 Å². The van der Waals surface area contributed by atoms with Gasteiger partial charge in [0.15, 0.2) is 0 Å². The average molecular weight is 555 g/mol. The molecule has 10 nitrogen and oxygen atoms in total. The van der Waals surface area contributed by atoms with Gasteiger partial charge in [0.25, 0.3) is 5.91 Å². The first-order chi connectivity index (χ1) is 20.0. The van der Waals surface area contributed by atoms with E-state index in [1.165, 1.54) is 0 Å². The number of piperazine rings is 1. The number of urea groups is 1. The van der Waals surface area contributed by atoms with E-state index in [1.54, 1.807) is 43.5 Å². The third-order valence-corrected chi connectivity index (χ3v) is 7.33. The zero-order valence-corrected chi connectivity index (χ0v) is 23.1. The summed E-state index contributed by atoms with van der Waals surface area (Å²) in [5.74, 6) is 0.628. The van der Waals surface area contributed by atoms with Crippen molar-refractivity contribution in [2.24, 2.45) is 0 Å². The number of anilines is 4. The number of ether oxygens (including phenoxy) is 2. The predicted molar refractivity (Wildman–Crippen MR) is 159 cm³/mol. The minimum absolute atomic E-state index is 0.0197. The van der Waals surface area contributed by atoms with Crippen molar-refractivity contribution in [1.29, 1.82) is 5.26 Å². The second-order valence-electron chi connectivity index (χ2n) is 9.99. The summed E-state index contributed by atoms with van der Waals surface area (Å²) in [6.07, 6.45) is 1.94. The van der Waals surface area contributed by atoms with Gasteiger partial charge in [-0.05, 0) is 67.4 Å². The molecule has 2 heterocycles. The highest BCUT2D eigenvalue weighted by molar-refractivity contribution is 6.04. The fourth-order valence-corrected chi connectivity index (χ4v) is 5.18. The minimum atomic E-state index is -0.446. The summed E-state index contributed by atoms with van der Waals surface area (Å²) < 4.78 is 11.2. The molecule has 0 radical (unpaired) electrons. The summed E-state index contributed by atoms with van der Waals surface area (Å²) in [7, 11) is 1.68. The Kier molecular flexibility index (Phi) is 8.86. The number of para-hydroxylation sites is 2. The second-order valence-corrected chi connectivity index (χ2v) is 9.99. The van der Waals surface area contributed by atoms with Crippen molar-refractivity contribution in [2.45, 2.75) is 18.9 Å². The van der Waals surface area contributed by atoms with Gasteiger partial charge in [-0.25, -0.2) is 4.79 Å². The van der Waals surface area contributed by atoms with Crippen molar-refractivity contribution in [3.8, 4) is 11.8 Å². The highest BCUT2D eigenvalue weighted by Gasteiger charge is 2.25. The van der Waals surface area contributed by atoms with Gasteiger partial charge in [-0.1, -0.05) is 12.1 Å². The number of hydrogen-bond donors (Lipinski definition) is 3. The molecule has 5 rings (SSSR count). The summed E-state index contributed by atoms with van der Waals surface area (Å²) >= 11 is 0. The molecule has 10 heteroatoms. The normalized spacial score (nSPS) is 16.5. The number of hydrogen-bond acceptors (Lipinski definition) is 7. The van der Waals surface area contributed by atoms with E-state index < -0.39 is 6.03 Å². The molecule has 2 aliphatic rings. The van der Waals surface area contributed by atoms with E-state index in [0.29, 0.717) is 29.0 Å². The number of nitrogens with zero attached hydrogens (tertiary/aromatic N) is 3. The Bertz CT molecular complexity index is 1410. The topological polar surface area (TPSA) is 119 Å². The van der Waals surface area contributed by atoms with Crippen LogP contribution in [0, 0.1) is 11.3 Å². The van der Waals surface area contributed by atoms with E-state index in [1.807, 2.05) is 24.3 Å². The van der Waals surface area contributed by atoms with Gasteiger partial charge < -0.3 is 35.2 Å². The first-order valence-electron chi connectivity index (χ1n) is 13.8. The summed E-state index contributed by atoms with van der Waals surface area (Å²) in [6, 6.07) is 21.6. The standard InChI is InChI=1S/C31H34N6O4/c1-40-29-7-3-2-6-28(29)37-16-14-36(15-17-37)27-13-12-24(19-26(27)30(38)33-21-25-5-4-18-41-25)35-31(39)34-23-10-8-22(20-32)9-11-23/h2-3,6-13,19,25H,4-5,14-18,21H2,1H3,(H,33,38)(H2,34,35,39). The third-order valence-electron chi connectivity index (χ3n) is 7.33. The lowest BCUT2D eigenvalue weighted by Gasteiger charge is -2.38. The van der Waals surface area contributed by atoms with Gasteiger partial charge in [-0.3, -0.25) is 4.79 Å². The summed E-state index contributed by atoms with van der Waals surface area (Å²) in [6.45, 7) is 4.13. The van der Waals surface area contributed by atoms with Crippen LogP contribution in [0.25, 0.3) is 0 Å². The number of carbonyl (C=O) groups is 2. The van der Waals surface area contributed by atoms with Gasteiger partial charge in [0.1, 0.15) is 5.75 Å². The quantitative estimate of drug-likeness (QED) is 0.377. The maximum atomic E-state index is 13.4. The van der Waals surface area contributed by atoms with Crippen molar-refractivity contribution in [3.05, 3.63) is 77.9 Å². The van der Waals surface area contributed by atoms with E-state index in [-0.39, 0.29) is 12.0 Å². The maximum absolute atomic E-state index is 13.4. The number of carbonyl (C=O) groups excluding carboxylic acids is 2. The second kappa shape index (κ2) is 13.1. The molecule has 3 N–H and O–H groups in total. The molecule has 0 saturated carbocycles. The van der Waals surface area contributed by atoms with Crippen LogP contribution >= 0.6 is 0 Å². The molecule has 0 aliphatic carbocycles. The van der Waals surface area contributed by atoms with Crippen LogP contribution in [-0.2, 0) is 4.74 Å². The van der Waals surface area contributed by atoms with E-state index in [2.05, 4.69) is 37.9 Å². The van der Waals surface area contributed by atoms with Crippen LogP contribution in [0.4, 0.5) is 27.5 Å². The van der Waals surface area contributed by atoms with Crippen LogP contribution in [0.2, 0.25) is 0 Å². The number of nitriles is 1. The van der Waals surface area contributed by atoms with Crippen LogP contribution in [0.1, 0.15) is 28.8 Å². The lowest BCUT2D eigenvalue weighted by molar-refractivity contribution is 0.0858. The van der Waals surface area contributed by atoms with Crippen LogP contribution < -0.4 is 30.5 Å². The van der Waals surface area contributed by atoms with Gasteiger partial charge in [-0.2, -0.15) is 5.26 Å². The molecule has 2 fully saturated rings. The van der Waals surface area contributed by atoms with Gasteiger partial charge in [0.05, 0.1) is 36.1 Å². The van der Waals surface area contributed by atoms with Gasteiger partial charge in [-0.15, -0.1) is 0 Å².